The van der Waals surface area contributed by atoms with E-state index in [1.807, 2.05) is 30.3 Å². The number of carbonyl (C=O) groups is 3. The Hall–Kier alpha value is -2.76. The average molecular weight is 555 g/mol. The quantitative estimate of drug-likeness (QED) is 0.222. The zero-order chi connectivity index (χ0) is 27.4. The van der Waals surface area contributed by atoms with Crippen LogP contribution in [-0.2, 0) is 27.3 Å². The number of hydrogen-bond donors (Lipinski definition) is 5. The largest absolute Gasteiger partial charge is 0.350 e. The molecule has 37 heavy (non-hydrogen) atoms. The Kier molecular flexibility index (Phi) is 12.7. The molecule has 0 aliphatic carbocycles. The lowest BCUT2D eigenvalue weighted by molar-refractivity contribution is -0.135. The number of rotatable bonds is 14. The number of amides is 3. The molecule has 0 aliphatic rings. The van der Waals surface area contributed by atoms with E-state index in [0.29, 0.717) is 25.1 Å². The summed E-state index contributed by atoms with van der Waals surface area (Å²) in [6.07, 6.45) is 0.487. The summed E-state index contributed by atoms with van der Waals surface area (Å²) in [5.74, 6) is -2.19. The molecular formula is C25H33Cl2FN6O3. The van der Waals surface area contributed by atoms with Gasteiger partial charge in [0, 0.05) is 37.7 Å². The van der Waals surface area contributed by atoms with Crippen LogP contribution in [0.3, 0.4) is 0 Å². The zero-order valence-electron chi connectivity index (χ0n) is 20.4. The lowest BCUT2D eigenvalue weighted by Crippen LogP contribution is -2.53. The van der Waals surface area contributed by atoms with Crippen molar-refractivity contribution < 1.29 is 18.8 Å². The molecule has 2 atom stereocenters. The van der Waals surface area contributed by atoms with Crippen LogP contribution in [0.1, 0.15) is 24.0 Å². The third-order valence-corrected chi connectivity index (χ3v) is 6.26. The molecule has 0 aromatic heterocycles. The maximum Gasteiger partial charge on any atom is 0.242 e. The molecule has 3 amide bonds. The third-order valence-electron chi connectivity index (χ3n) is 5.62. The Balaban J connectivity index is 2.08. The Morgan fingerprint density at radius 3 is 2.24 bits per heavy atom. The van der Waals surface area contributed by atoms with Crippen molar-refractivity contribution in [3.8, 4) is 0 Å². The van der Waals surface area contributed by atoms with E-state index >= 15 is 0 Å². The van der Waals surface area contributed by atoms with Crippen LogP contribution in [0, 0.1) is 5.82 Å². The number of halogens is 3. The Bertz CT molecular complexity index is 1050. The van der Waals surface area contributed by atoms with Crippen LogP contribution in [0.25, 0.3) is 0 Å². The van der Waals surface area contributed by atoms with Gasteiger partial charge in [0.15, 0.2) is 0 Å². The van der Waals surface area contributed by atoms with Gasteiger partial charge in [0.05, 0.1) is 17.5 Å². The van der Waals surface area contributed by atoms with E-state index in [0.717, 1.165) is 11.6 Å². The summed E-state index contributed by atoms with van der Waals surface area (Å²) in [6.45, 7) is 0.995. The van der Waals surface area contributed by atoms with E-state index in [9.17, 15) is 18.8 Å². The molecule has 0 fully saturated rings. The summed E-state index contributed by atoms with van der Waals surface area (Å²) in [5, 5.41) is 5.37. The van der Waals surface area contributed by atoms with Gasteiger partial charge in [-0.25, -0.2) is 4.39 Å². The predicted molar refractivity (Wildman–Crippen MR) is 142 cm³/mol. The van der Waals surface area contributed by atoms with E-state index in [1.165, 1.54) is 11.0 Å². The fraction of sp³-hybridized carbons (Fsp3) is 0.400. The molecule has 0 saturated heterocycles. The van der Waals surface area contributed by atoms with Gasteiger partial charge in [-0.15, -0.1) is 0 Å². The van der Waals surface area contributed by atoms with E-state index in [4.69, 9.17) is 40.4 Å². The minimum absolute atomic E-state index is 0.0822. The first kappa shape index (κ1) is 30.5. The van der Waals surface area contributed by atoms with Crippen LogP contribution in [0.2, 0.25) is 10.0 Å². The zero-order valence-corrected chi connectivity index (χ0v) is 21.9. The number of nitrogens with one attached hydrogen (secondary N) is 2. The smallest absolute Gasteiger partial charge is 0.242 e. The van der Waals surface area contributed by atoms with Crippen molar-refractivity contribution in [1.82, 2.24) is 15.5 Å². The van der Waals surface area contributed by atoms with Crippen molar-refractivity contribution in [2.24, 2.45) is 17.2 Å². The Morgan fingerprint density at radius 2 is 1.62 bits per heavy atom. The van der Waals surface area contributed by atoms with E-state index in [1.54, 1.807) is 0 Å². The van der Waals surface area contributed by atoms with Crippen molar-refractivity contribution in [1.29, 1.82) is 0 Å². The molecule has 0 spiro atoms. The molecule has 0 aliphatic heterocycles. The summed E-state index contributed by atoms with van der Waals surface area (Å²) < 4.78 is 13.9. The molecule has 0 saturated carbocycles. The summed E-state index contributed by atoms with van der Waals surface area (Å²) in [5.41, 5.74) is 18.4. The van der Waals surface area contributed by atoms with Crippen LogP contribution in [0.5, 0.6) is 0 Å². The number of benzene rings is 2. The van der Waals surface area contributed by atoms with E-state index < -0.39 is 29.7 Å². The first-order chi connectivity index (χ1) is 17.7. The van der Waals surface area contributed by atoms with Crippen molar-refractivity contribution in [2.45, 2.75) is 37.9 Å². The topological polar surface area (TPSA) is 157 Å². The second-order valence-corrected chi connectivity index (χ2v) is 9.24. The Morgan fingerprint density at radius 1 is 0.973 bits per heavy atom. The second-order valence-electron chi connectivity index (χ2n) is 8.43. The van der Waals surface area contributed by atoms with Gasteiger partial charge in [-0.2, -0.15) is 0 Å². The number of carbonyl (C=O) groups excluding carboxylic acids is 3. The molecule has 2 aromatic rings. The van der Waals surface area contributed by atoms with Gasteiger partial charge in [0.25, 0.3) is 0 Å². The van der Waals surface area contributed by atoms with Crippen LogP contribution in [-0.4, -0.2) is 60.9 Å². The van der Waals surface area contributed by atoms with Crippen LogP contribution in [0.15, 0.2) is 42.5 Å². The lowest BCUT2D eigenvalue weighted by Gasteiger charge is -2.24. The third kappa shape index (κ3) is 9.90. The highest BCUT2D eigenvalue weighted by molar-refractivity contribution is 6.35. The van der Waals surface area contributed by atoms with E-state index in [-0.39, 0.29) is 48.4 Å². The maximum atomic E-state index is 13.9. The van der Waals surface area contributed by atoms with Gasteiger partial charge in [-0.3, -0.25) is 14.4 Å². The van der Waals surface area contributed by atoms with Crippen molar-refractivity contribution in [3.63, 3.8) is 0 Å². The Labute approximate surface area is 225 Å². The van der Waals surface area contributed by atoms with Gasteiger partial charge in [-0.1, -0.05) is 53.5 Å². The fourth-order valence-corrected chi connectivity index (χ4v) is 4.04. The SMILES string of the molecule is NCCN(CCN)C(=O)CC(N)C(=O)NC(CCc1ccccc1)C(=O)NCc1cc(F)c(Cl)cc1Cl. The molecule has 2 unspecified atom stereocenters. The number of nitrogens with zero attached hydrogens (tertiary/aromatic N) is 1. The van der Waals surface area contributed by atoms with Gasteiger partial charge < -0.3 is 32.7 Å². The van der Waals surface area contributed by atoms with Gasteiger partial charge in [0.2, 0.25) is 17.7 Å². The summed E-state index contributed by atoms with van der Waals surface area (Å²) in [7, 11) is 0. The summed E-state index contributed by atoms with van der Waals surface area (Å²) in [6, 6.07) is 9.67. The predicted octanol–water partition coefficient (Wildman–Crippen LogP) is 1.33. The average Bonchev–Trinajstić information content (AvgIpc) is 2.87. The second kappa shape index (κ2) is 15.5. The number of nitrogens with two attached hydrogens (primary N) is 3. The van der Waals surface area contributed by atoms with Gasteiger partial charge in [0.1, 0.15) is 11.9 Å². The number of hydrogen-bond acceptors (Lipinski definition) is 6. The monoisotopic (exact) mass is 554 g/mol. The van der Waals surface area contributed by atoms with E-state index in [2.05, 4.69) is 10.6 Å². The van der Waals surface area contributed by atoms with Crippen molar-refractivity contribution in [2.75, 3.05) is 26.2 Å². The highest BCUT2D eigenvalue weighted by Gasteiger charge is 2.26. The minimum Gasteiger partial charge on any atom is -0.350 e. The highest BCUT2D eigenvalue weighted by atomic mass is 35.5. The highest BCUT2D eigenvalue weighted by Crippen LogP contribution is 2.24. The molecule has 0 heterocycles. The van der Waals surface area contributed by atoms with Crippen LogP contribution < -0.4 is 27.8 Å². The molecule has 12 heteroatoms. The van der Waals surface area contributed by atoms with Crippen LogP contribution in [0.4, 0.5) is 4.39 Å². The molecule has 202 valence electrons. The molecular weight excluding hydrogens is 522 g/mol. The molecule has 2 rings (SSSR count). The first-order valence-electron chi connectivity index (χ1n) is 11.8. The standard InChI is InChI=1S/C25H33Cl2FN6O3/c26-18-13-19(27)20(28)12-17(18)15-32-25(37)22(7-6-16-4-2-1-3-5-16)33-24(36)21(31)14-23(35)34(10-8-29)11-9-30/h1-5,12-13,21-22H,6-11,14-15,29-31H2,(H,32,37)(H,33,36). The molecule has 2 aromatic carbocycles. The van der Waals surface area contributed by atoms with Crippen molar-refractivity contribution in [3.05, 3.63) is 69.5 Å². The fourth-order valence-electron chi connectivity index (χ4n) is 3.59. The van der Waals surface area contributed by atoms with Crippen LogP contribution >= 0.6 is 23.2 Å². The van der Waals surface area contributed by atoms with Gasteiger partial charge >= 0.3 is 0 Å². The lowest BCUT2D eigenvalue weighted by atomic mass is 10.0. The molecule has 0 radical (unpaired) electrons. The van der Waals surface area contributed by atoms with Gasteiger partial charge in [-0.05, 0) is 36.1 Å². The van der Waals surface area contributed by atoms with Crippen molar-refractivity contribution >= 4 is 40.9 Å². The normalized spacial score (nSPS) is 12.5. The molecule has 8 N–H and O–H groups in total. The number of aryl methyl sites for hydroxylation is 1. The summed E-state index contributed by atoms with van der Waals surface area (Å²) >= 11 is 11.8. The summed E-state index contributed by atoms with van der Waals surface area (Å²) in [4.78, 5) is 39.8. The molecule has 0 bridgehead atoms. The first-order valence-corrected chi connectivity index (χ1v) is 12.6. The maximum absolute atomic E-state index is 13.9. The molecule has 9 nitrogen and oxygen atoms in total. The minimum atomic E-state index is -1.18.